The fourth-order valence-corrected chi connectivity index (χ4v) is 2.61. The number of hydrogen-bond donors (Lipinski definition) is 2. The molecule has 0 bridgehead atoms. The second kappa shape index (κ2) is 8.02. The predicted octanol–water partition coefficient (Wildman–Crippen LogP) is 4.89. The number of aromatic hydroxyl groups is 1. The van der Waals surface area contributed by atoms with Crippen molar-refractivity contribution >= 4 is 27.5 Å². The fourth-order valence-electron chi connectivity index (χ4n) is 2.05. The van der Waals surface area contributed by atoms with Crippen molar-refractivity contribution in [3.05, 3.63) is 52.0 Å². The Hall–Kier alpha value is -2.01. The van der Waals surface area contributed by atoms with Crippen LogP contribution in [0.5, 0.6) is 11.5 Å². The molecule has 0 unspecified atom stereocenters. The molecule has 0 radical (unpaired) electrons. The number of carbonyl (C=O) groups is 1. The standard InChI is InChI=1S/C18H20BrNO3/c1-3-4-9-23-15-7-5-13(6-8-15)18(22)20-14-10-12(2)17(21)16(19)11-14/h5-8,10-11,21H,3-4,9H2,1-2H3,(H,20,22). The summed E-state index contributed by atoms with van der Waals surface area (Å²) in [6.45, 7) is 4.57. The number of carbonyl (C=O) groups excluding carboxylic acids is 1. The highest BCUT2D eigenvalue weighted by atomic mass is 79.9. The molecule has 5 heteroatoms. The lowest BCUT2D eigenvalue weighted by molar-refractivity contribution is 0.102. The number of nitrogens with one attached hydrogen (secondary N) is 1. The highest BCUT2D eigenvalue weighted by Crippen LogP contribution is 2.31. The summed E-state index contributed by atoms with van der Waals surface area (Å²) < 4.78 is 6.13. The molecule has 0 aliphatic carbocycles. The van der Waals surface area contributed by atoms with Crippen LogP contribution >= 0.6 is 15.9 Å². The molecular weight excluding hydrogens is 358 g/mol. The second-order valence-corrected chi connectivity index (χ2v) is 6.16. The fraction of sp³-hybridized carbons (Fsp3) is 0.278. The molecule has 4 nitrogen and oxygen atoms in total. The van der Waals surface area contributed by atoms with Gasteiger partial charge < -0.3 is 15.2 Å². The maximum absolute atomic E-state index is 12.3. The van der Waals surface area contributed by atoms with Gasteiger partial charge in [0.1, 0.15) is 11.5 Å². The van der Waals surface area contributed by atoms with Gasteiger partial charge in [-0.1, -0.05) is 13.3 Å². The molecule has 2 N–H and O–H groups in total. The molecular formula is C18H20BrNO3. The van der Waals surface area contributed by atoms with Crippen LogP contribution in [0, 0.1) is 6.92 Å². The maximum atomic E-state index is 12.3. The Balaban J connectivity index is 2.03. The molecule has 0 aromatic heterocycles. The third-order valence-corrected chi connectivity index (χ3v) is 4.00. The van der Waals surface area contributed by atoms with Crippen molar-refractivity contribution < 1.29 is 14.6 Å². The van der Waals surface area contributed by atoms with E-state index in [4.69, 9.17) is 4.74 Å². The van der Waals surface area contributed by atoms with Crippen LogP contribution in [0.2, 0.25) is 0 Å². The Morgan fingerprint density at radius 3 is 2.57 bits per heavy atom. The third-order valence-electron chi connectivity index (χ3n) is 3.39. The topological polar surface area (TPSA) is 58.6 Å². The smallest absolute Gasteiger partial charge is 0.255 e. The van der Waals surface area contributed by atoms with Gasteiger partial charge in [-0.2, -0.15) is 0 Å². The Morgan fingerprint density at radius 1 is 1.26 bits per heavy atom. The van der Waals surface area contributed by atoms with Gasteiger partial charge in [0.15, 0.2) is 0 Å². The molecule has 0 atom stereocenters. The van der Waals surface area contributed by atoms with Gasteiger partial charge in [-0.25, -0.2) is 0 Å². The van der Waals surface area contributed by atoms with Crippen LogP contribution in [-0.4, -0.2) is 17.6 Å². The Morgan fingerprint density at radius 2 is 1.96 bits per heavy atom. The minimum absolute atomic E-state index is 0.177. The largest absolute Gasteiger partial charge is 0.506 e. The van der Waals surface area contributed by atoms with Gasteiger partial charge in [0.2, 0.25) is 0 Å². The molecule has 0 saturated carbocycles. The van der Waals surface area contributed by atoms with E-state index in [1.807, 2.05) is 0 Å². The molecule has 0 aliphatic heterocycles. The summed E-state index contributed by atoms with van der Waals surface area (Å²) in [6, 6.07) is 10.5. The predicted molar refractivity (Wildman–Crippen MR) is 95.3 cm³/mol. The van der Waals surface area contributed by atoms with Crippen LogP contribution in [0.15, 0.2) is 40.9 Å². The van der Waals surface area contributed by atoms with Gasteiger partial charge in [0.25, 0.3) is 5.91 Å². The minimum Gasteiger partial charge on any atom is -0.506 e. The molecule has 0 heterocycles. The summed E-state index contributed by atoms with van der Waals surface area (Å²) in [4.78, 5) is 12.3. The van der Waals surface area contributed by atoms with Crippen molar-refractivity contribution in [3.63, 3.8) is 0 Å². The van der Waals surface area contributed by atoms with Crippen LogP contribution in [-0.2, 0) is 0 Å². The molecule has 122 valence electrons. The number of aryl methyl sites for hydroxylation is 1. The Kier molecular flexibility index (Phi) is 6.04. The van der Waals surface area contributed by atoms with Gasteiger partial charge in [-0.15, -0.1) is 0 Å². The van der Waals surface area contributed by atoms with Crippen molar-refractivity contribution in [2.24, 2.45) is 0 Å². The molecule has 0 fully saturated rings. The summed E-state index contributed by atoms with van der Waals surface area (Å²) in [5.41, 5.74) is 1.87. The zero-order valence-corrected chi connectivity index (χ0v) is 14.8. The van der Waals surface area contributed by atoms with Crippen molar-refractivity contribution in [3.8, 4) is 11.5 Å². The van der Waals surface area contributed by atoms with Gasteiger partial charge in [-0.3, -0.25) is 4.79 Å². The SMILES string of the molecule is CCCCOc1ccc(C(=O)Nc2cc(C)c(O)c(Br)c2)cc1. The number of ether oxygens (including phenoxy) is 1. The number of benzene rings is 2. The van der Waals surface area contributed by atoms with E-state index in [-0.39, 0.29) is 11.7 Å². The Labute approximate surface area is 144 Å². The maximum Gasteiger partial charge on any atom is 0.255 e. The average molecular weight is 378 g/mol. The van der Waals surface area contributed by atoms with Crippen LogP contribution in [0.25, 0.3) is 0 Å². The molecule has 0 spiro atoms. The quantitative estimate of drug-likeness (QED) is 0.556. The zero-order valence-electron chi connectivity index (χ0n) is 13.2. The number of anilines is 1. The normalized spacial score (nSPS) is 10.4. The number of amides is 1. The van der Waals surface area contributed by atoms with Crippen LogP contribution < -0.4 is 10.1 Å². The summed E-state index contributed by atoms with van der Waals surface area (Å²) >= 11 is 3.26. The van der Waals surface area contributed by atoms with Crippen LogP contribution in [0.3, 0.4) is 0 Å². The zero-order chi connectivity index (χ0) is 16.8. The molecule has 2 aromatic carbocycles. The number of unbranched alkanes of at least 4 members (excludes halogenated alkanes) is 1. The van der Waals surface area contributed by atoms with Crippen LogP contribution in [0.1, 0.15) is 35.7 Å². The van der Waals surface area contributed by atoms with Crippen LogP contribution in [0.4, 0.5) is 5.69 Å². The lowest BCUT2D eigenvalue weighted by atomic mass is 10.1. The van der Waals surface area contributed by atoms with Crippen molar-refractivity contribution in [1.82, 2.24) is 0 Å². The summed E-state index contributed by atoms with van der Waals surface area (Å²) in [5, 5.41) is 12.5. The number of hydrogen-bond acceptors (Lipinski definition) is 3. The number of rotatable bonds is 6. The highest BCUT2D eigenvalue weighted by Gasteiger charge is 2.09. The van der Waals surface area contributed by atoms with Gasteiger partial charge in [0.05, 0.1) is 11.1 Å². The van der Waals surface area contributed by atoms with E-state index in [0.717, 1.165) is 18.6 Å². The lowest BCUT2D eigenvalue weighted by Gasteiger charge is -2.10. The summed E-state index contributed by atoms with van der Waals surface area (Å²) in [7, 11) is 0. The first-order valence-electron chi connectivity index (χ1n) is 7.54. The highest BCUT2D eigenvalue weighted by molar-refractivity contribution is 9.10. The first-order chi connectivity index (χ1) is 11.0. The number of phenolic OH excluding ortho intramolecular Hbond substituents is 1. The van der Waals surface area contributed by atoms with Gasteiger partial charge in [0, 0.05) is 11.3 Å². The summed E-state index contributed by atoms with van der Waals surface area (Å²) in [6.07, 6.45) is 2.10. The minimum atomic E-state index is -0.206. The number of phenols is 1. The average Bonchev–Trinajstić information content (AvgIpc) is 2.53. The lowest BCUT2D eigenvalue weighted by Crippen LogP contribution is -2.12. The van der Waals surface area contributed by atoms with E-state index in [9.17, 15) is 9.90 Å². The number of halogens is 1. The van der Waals surface area contributed by atoms with Crippen molar-refractivity contribution in [2.75, 3.05) is 11.9 Å². The third kappa shape index (κ3) is 4.73. The molecule has 2 rings (SSSR count). The van der Waals surface area contributed by atoms with E-state index >= 15 is 0 Å². The molecule has 1 amide bonds. The van der Waals surface area contributed by atoms with Gasteiger partial charge >= 0.3 is 0 Å². The first kappa shape index (κ1) is 17.3. The van der Waals surface area contributed by atoms with Crippen molar-refractivity contribution in [1.29, 1.82) is 0 Å². The van der Waals surface area contributed by atoms with Crippen molar-refractivity contribution in [2.45, 2.75) is 26.7 Å². The van der Waals surface area contributed by atoms with E-state index in [2.05, 4.69) is 28.2 Å². The monoisotopic (exact) mass is 377 g/mol. The second-order valence-electron chi connectivity index (χ2n) is 5.30. The Bertz CT molecular complexity index is 660. The van der Waals surface area contributed by atoms with E-state index in [1.54, 1.807) is 43.3 Å². The van der Waals surface area contributed by atoms with E-state index < -0.39 is 0 Å². The molecule has 2 aromatic rings. The van der Waals surface area contributed by atoms with E-state index in [1.165, 1.54) is 0 Å². The summed E-state index contributed by atoms with van der Waals surface area (Å²) in [5.74, 6) is 0.733. The molecule has 0 aliphatic rings. The molecule has 0 saturated heterocycles. The van der Waals surface area contributed by atoms with E-state index in [0.29, 0.717) is 27.9 Å². The first-order valence-corrected chi connectivity index (χ1v) is 8.34. The molecule has 23 heavy (non-hydrogen) atoms. The van der Waals surface area contributed by atoms with Gasteiger partial charge in [-0.05, 0) is 71.2 Å².